The summed E-state index contributed by atoms with van der Waals surface area (Å²) in [7, 11) is -3.48. The molecular weight excluding hydrogens is 264 g/mol. The van der Waals surface area contributed by atoms with Gasteiger partial charge in [0.15, 0.2) is 0 Å². The summed E-state index contributed by atoms with van der Waals surface area (Å²) in [6.07, 6.45) is 3.98. The Hall–Kier alpha value is -1.27. The maximum absolute atomic E-state index is 12.2. The minimum atomic E-state index is -3.48. The van der Waals surface area contributed by atoms with E-state index in [1.54, 1.807) is 6.07 Å². The van der Waals surface area contributed by atoms with Crippen LogP contribution in [0.25, 0.3) is 0 Å². The average molecular weight is 284 g/mol. The second-order valence-corrected chi connectivity index (χ2v) is 6.45. The van der Waals surface area contributed by atoms with Crippen LogP contribution in [-0.2, 0) is 10.0 Å². The molecule has 0 amide bonds. The van der Waals surface area contributed by atoms with Gasteiger partial charge in [0.1, 0.15) is 5.75 Å². The van der Waals surface area contributed by atoms with E-state index in [9.17, 15) is 8.42 Å². The van der Waals surface area contributed by atoms with Crippen molar-refractivity contribution in [2.45, 2.75) is 43.5 Å². The number of benzene rings is 1. The first-order chi connectivity index (χ1) is 9.03. The van der Waals surface area contributed by atoms with Crippen molar-refractivity contribution in [1.82, 2.24) is 4.72 Å². The molecule has 106 valence electrons. The molecule has 0 spiro atoms. The van der Waals surface area contributed by atoms with Crippen LogP contribution in [0.15, 0.2) is 23.1 Å². The molecule has 0 unspecified atom stereocenters. The molecule has 0 aliphatic heterocycles. The minimum Gasteiger partial charge on any atom is -0.492 e. The van der Waals surface area contributed by atoms with Gasteiger partial charge in [-0.2, -0.15) is 0 Å². The van der Waals surface area contributed by atoms with Crippen molar-refractivity contribution in [3.05, 3.63) is 18.2 Å². The van der Waals surface area contributed by atoms with Crippen LogP contribution in [-0.4, -0.2) is 21.1 Å². The molecule has 0 heterocycles. The number of sulfonamides is 1. The van der Waals surface area contributed by atoms with Crippen molar-refractivity contribution in [3.8, 4) is 5.75 Å². The summed E-state index contributed by atoms with van der Waals surface area (Å²) in [5.74, 6) is 0.516. The summed E-state index contributed by atoms with van der Waals surface area (Å²) >= 11 is 0. The van der Waals surface area contributed by atoms with Gasteiger partial charge in [-0.05, 0) is 38.0 Å². The first kappa shape index (κ1) is 14.1. The van der Waals surface area contributed by atoms with Crippen molar-refractivity contribution >= 4 is 15.7 Å². The monoisotopic (exact) mass is 284 g/mol. The smallest absolute Gasteiger partial charge is 0.240 e. The van der Waals surface area contributed by atoms with Crippen molar-refractivity contribution in [2.75, 3.05) is 12.3 Å². The Balaban J connectivity index is 2.17. The third-order valence-electron chi connectivity index (χ3n) is 3.27. The number of hydrogen-bond acceptors (Lipinski definition) is 4. The highest BCUT2D eigenvalue weighted by molar-refractivity contribution is 7.89. The first-order valence-electron chi connectivity index (χ1n) is 6.57. The molecule has 1 aliphatic rings. The molecule has 0 saturated heterocycles. The van der Waals surface area contributed by atoms with Crippen molar-refractivity contribution < 1.29 is 13.2 Å². The minimum absolute atomic E-state index is 0.0535. The molecule has 2 rings (SSSR count). The molecule has 0 radical (unpaired) electrons. The highest BCUT2D eigenvalue weighted by Crippen LogP contribution is 2.26. The molecule has 0 aromatic heterocycles. The van der Waals surface area contributed by atoms with Gasteiger partial charge in [0.2, 0.25) is 10.0 Å². The van der Waals surface area contributed by atoms with Crippen LogP contribution in [0.4, 0.5) is 5.69 Å². The van der Waals surface area contributed by atoms with Crippen LogP contribution < -0.4 is 15.2 Å². The molecule has 1 aliphatic carbocycles. The van der Waals surface area contributed by atoms with Crippen LogP contribution >= 0.6 is 0 Å². The second-order valence-electron chi connectivity index (χ2n) is 4.74. The first-order valence-corrected chi connectivity index (χ1v) is 8.06. The molecular formula is C13H20N2O3S. The molecule has 1 aromatic rings. The van der Waals surface area contributed by atoms with Crippen LogP contribution in [0, 0.1) is 0 Å². The Morgan fingerprint density at radius 1 is 1.37 bits per heavy atom. The Labute approximate surface area is 114 Å². The lowest BCUT2D eigenvalue weighted by Gasteiger charge is -2.14. The summed E-state index contributed by atoms with van der Waals surface area (Å²) in [5, 5.41) is 0. The molecule has 5 nitrogen and oxygen atoms in total. The number of anilines is 1. The quantitative estimate of drug-likeness (QED) is 0.809. The molecule has 1 saturated carbocycles. The van der Waals surface area contributed by atoms with Gasteiger partial charge in [0, 0.05) is 6.04 Å². The van der Waals surface area contributed by atoms with Gasteiger partial charge in [-0.1, -0.05) is 12.8 Å². The summed E-state index contributed by atoms with van der Waals surface area (Å²) in [6, 6.07) is 4.63. The fourth-order valence-corrected chi connectivity index (χ4v) is 3.65. The summed E-state index contributed by atoms with van der Waals surface area (Å²) in [5.41, 5.74) is 6.14. The SMILES string of the molecule is CCOc1ccc(S(=O)(=O)NC2CCCC2)cc1N. The van der Waals surface area contributed by atoms with E-state index in [1.807, 2.05) is 6.92 Å². The normalized spacial score (nSPS) is 16.7. The lowest BCUT2D eigenvalue weighted by Crippen LogP contribution is -2.32. The summed E-state index contributed by atoms with van der Waals surface area (Å²) in [4.78, 5) is 0.195. The van der Waals surface area contributed by atoms with Crippen molar-refractivity contribution in [3.63, 3.8) is 0 Å². The van der Waals surface area contributed by atoms with E-state index in [1.165, 1.54) is 12.1 Å². The molecule has 1 aromatic carbocycles. The van der Waals surface area contributed by atoms with E-state index in [0.717, 1.165) is 25.7 Å². The summed E-state index contributed by atoms with van der Waals surface area (Å²) < 4.78 is 32.4. The molecule has 19 heavy (non-hydrogen) atoms. The van der Waals surface area contributed by atoms with E-state index >= 15 is 0 Å². The Bertz CT molecular complexity index is 537. The predicted octanol–water partition coefficient (Wildman–Crippen LogP) is 1.89. The Morgan fingerprint density at radius 3 is 2.63 bits per heavy atom. The number of nitrogens with two attached hydrogens (primary N) is 1. The zero-order valence-electron chi connectivity index (χ0n) is 11.1. The van der Waals surface area contributed by atoms with Gasteiger partial charge < -0.3 is 10.5 Å². The predicted molar refractivity (Wildman–Crippen MR) is 74.6 cm³/mol. The number of ether oxygens (including phenoxy) is 1. The zero-order valence-corrected chi connectivity index (χ0v) is 11.9. The van der Waals surface area contributed by atoms with Gasteiger partial charge in [-0.3, -0.25) is 0 Å². The highest BCUT2D eigenvalue weighted by Gasteiger charge is 2.23. The second kappa shape index (κ2) is 5.79. The fraction of sp³-hybridized carbons (Fsp3) is 0.538. The molecule has 1 fully saturated rings. The number of hydrogen-bond donors (Lipinski definition) is 2. The van der Waals surface area contributed by atoms with Gasteiger partial charge in [0.05, 0.1) is 17.2 Å². The third-order valence-corrected chi connectivity index (χ3v) is 4.79. The van der Waals surface area contributed by atoms with Crippen LogP contribution in [0.2, 0.25) is 0 Å². The Morgan fingerprint density at radius 2 is 2.05 bits per heavy atom. The van der Waals surface area contributed by atoms with Crippen LogP contribution in [0.3, 0.4) is 0 Å². The van der Waals surface area contributed by atoms with E-state index in [2.05, 4.69) is 4.72 Å². The van der Waals surface area contributed by atoms with Gasteiger partial charge in [-0.15, -0.1) is 0 Å². The van der Waals surface area contributed by atoms with Gasteiger partial charge >= 0.3 is 0 Å². The van der Waals surface area contributed by atoms with E-state index in [0.29, 0.717) is 18.0 Å². The molecule has 3 N–H and O–H groups in total. The third kappa shape index (κ3) is 3.39. The Kier molecular flexibility index (Phi) is 4.31. The lowest BCUT2D eigenvalue weighted by atomic mass is 10.3. The van der Waals surface area contributed by atoms with Crippen molar-refractivity contribution in [2.24, 2.45) is 0 Å². The molecule has 0 bridgehead atoms. The summed E-state index contributed by atoms with van der Waals surface area (Å²) in [6.45, 7) is 2.35. The highest BCUT2D eigenvalue weighted by atomic mass is 32.2. The standard InChI is InChI=1S/C13H20N2O3S/c1-2-18-13-8-7-11(9-12(13)14)19(16,17)15-10-5-3-4-6-10/h7-10,15H,2-6,14H2,1H3. The van der Waals surface area contributed by atoms with Gasteiger partial charge in [-0.25, -0.2) is 13.1 Å². The van der Waals surface area contributed by atoms with Crippen molar-refractivity contribution in [1.29, 1.82) is 0 Å². The van der Waals surface area contributed by atoms with Gasteiger partial charge in [0.25, 0.3) is 0 Å². The molecule has 0 atom stereocenters. The number of nitrogens with one attached hydrogen (secondary N) is 1. The van der Waals surface area contributed by atoms with E-state index in [-0.39, 0.29) is 10.9 Å². The van der Waals surface area contributed by atoms with E-state index in [4.69, 9.17) is 10.5 Å². The number of nitrogen functional groups attached to an aromatic ring is 1. The zero-order chi connectivity index (χ0) is 13.9. The van der Waals surface area contributed by atoms with E-state index < -0.39 is 10.0 Å². The fourth-order valence-electron chi connectivity index (χ4n) is 2.31. The number of rotatable bonds is 5. The average Bonchev–Trinajstić information content (AvgIpc) is 2.84. The maximum atomic E-state index is 12.2. The topological polar surface area (TPSA) is 81.4 Å². The molecule has 6 heteroatoms. The van der Waals surface area contributed by atoms with Crippen LogP contribution in [0.5, 0.6) is 5.75 Å². The lowest BCUT2D eigenvalue weighted by molar-refractivity contribution is 0.342. The largest absolute Gasteiger partial charge is 0.492 e. The maximum Gasteiger partial charge on any atom is 0.240 e. The van der Waals surface area contributed by atoms with Crippen LogP contribution in [0.1, 0.15) is 32.6 Å².